The van der Waals surface area contributed by atoms with Crippen LogP contribution in [0.15, 0.2) is 29.5 Å². The Bertz CT molecular complexity index is 863. The molecule has 2 rings (SSSR count). The lowest BCUT2D eigenvalue weighted by molar-refractivity contribution is -0.136. The van der Waals surface area contributed by atoms with Crippen LogP contribution in [0.4, 0.5) is 11.4 Å². The van der Waals surface area contributed by atoms with E-state index in [4.69, 9.17) is 9.84 Å². The summed E-state index contributed by atoms with van der Waals surface area (Å²) < 4.78 is 29.9. The molecule has 9 nitrogen and oxygen atoms in total. The van der Waals surface area contributed by atoms with Crippen LogP contribution in [0.1, 0.15) is 5.56 Å². The van der Waals surface area contributed by atoms with E-state index in [0.717, 1.165) is 11.8 Å². The normalized spacial score (nSPS) is 14.6. The number of amides is 1. The van der Waals surface area contributed by atoms with E-state index in [0.29, 0.717) is 11.4 Å². The topological polar surface area (TPSA) is 125 Å². The van der Waals surface area contributed by atoms with Crippen LogP contribution in [0.2, 0.25) is 0 Å². The molecule has 3 N–H and O–H groups in total. The fraction of sp³-hybridized carbons (Fsp3) is 0.375. The van der Waals surface area contributed by atoms with Crippen molar-refractivity contribution < 1.29 is 27.9 Å². The highest BCUT2D eigenvalue weighted by Gasteiger charge is 2.34. The first-order chi connectivity index (χ1) is 12.2. The Morgan fingerprint density at radius 3 is 2.65 bits per heavy atom. The second-order valence-electron chi connectivity index (χ2n) is 5.82. The number of esters is 1. The highest BCUT2D eigenvalue weighted by molar-refractivity contribution is 7.92. The fourth-order valence-electron chi connectivity index (χ4n) is 2.52. The van der Waals surface area contributed by atoms with Crippen LogP contribution in [0, 0.1) is 6.92 Å². The zero-order chi connectivity index (χ0) is 19.5. The van der Waals surface area contributed by atoms with Gasteiger partial charge in [-0.3, -0.25) is 9.52 Å². The molecule has 0 fully saturated rings. The van der Waals surface area contributed by atoms with Crippen LogP contribution >= 0.6 is 0 Å². The van der Waals surface area contributed by atoms with Gasteiger partial charge in [-0.2, -0.15) is 0 Å². The van der Waals surface area contributed by atoms with Crippen LogP contribution in [0.25, 0.3) is 0 Å². The van der Waals surface area contributed by atoms with Crippen LogP contribution in [0.3, 0.4) is 0 Å². The number of rotatable bonds is 7. The second-order valence-corrected chi connectivity index (χ2v) is 7.57. The summed E-state index contributed by atoms with van der Waals surface area (Å²) in [6, 6.07) is 4.80. The van der Waals surface area contributed by atoms with Gasteiger partial charge in [0, 0.05) is 12.2 Å². The first kappa shape index (κ1) is 19.7. The molecular weight excluding hydrogens is 362 g/mol. The standard InChI is InChI=1S/C16H21N3O6S/c1-10-4-5-11(18-26(3,23)24)8-13(10)17-14-12(16(22)25-2)9-19(6-7-20)15(14)21/h4-5,8,17-18,20H,6-7,9H2,1-3H3. The second kappa shape index (κ2) is 7.75. The molecule has 0 saturated carbocycles. The van der Waals surface area contributed by atoms with E-state index in [9.17, 15) is 18.0 Å². The third-order valence-electron chi connectivity index (χ3n) is 3.75. The summed E-state index contributed by atoms with van der Waals surface area (Å²) >= 11 is 0. The first-order valence-electron chi connectivity index (χ1n) is 7.73. The number of aryl methyl sites for hydroxylation is 1. The number of nitrogens with zero attached hydrogens (tertiary/aromatic N) is 1. The van der Waals surface area contributed by atoms with E-state index in [1.165, 1.54) is 18.1 Å². The summed E-state index contributed by atoms with van der Waals surface area (Å²) in [5.41, 5.74) is 1.72. The Morgan fingerprint density at radius 1 is 1.38 bits per heavy atom. The average Bonchev–Trinajstić information content (AvgIpc) is 2.86. The van der Waals surface area contributed by atoms with Crippen molar-refractivity contribution in [2.75, 3.05) is 43.1 Å². The third-order valence-corrected chi connectivity index (χ3v) is 4.36. The smallest absolute Gasteiger partial charge is 0.337 e. The lowest BCUT2D eigenvalue weighted by Gasteiger charge is -2.16. The Balaban J connectivity index is 2.38. The van der Waals surface area contributed by atoms with Crippen molar-refractivity contribution in [3.63, 3.8) is 0 Å². The van der Waals surface area contributed by atoms with Crippen LogP contribution < -0.4 is 10.0 Å². The van der Waals surface area contributed by atoms with Crippen LogP contribution in [-0.4, -0.2) is 63.4 Å². The Kier molecular flexibility index (Phi) is 5.88. The minimum Gasteiger partial charge on any atom is -0.466 e. The molecule has 0 bridgehead atoms. The quantitative estimate of drug-likeness (QED) is 0.568. The molecule has 1 aliphatic heterocycles. The van der Waals surface area contributed by atoms with Crippen molar-refractivity contribution in [1.82, 2.24) is 4.90 Å². The zero-order valence-electron chi connectivity index (χ0n) is 14.7. The van der Waals surface area contributed by atoms with Gasteiger partial charge in [0.1, 0.15) is 5.70 Å². The molecule has 10 heteroatoms. The summed E-state index contributed by atoms with van der Waals surface area (Å²) in [7, 11) is -2.24. The number of carbonyl (C=O) groups excluding carboxylic acids is 2. The van der Waals surface area contributed by atoms with Gasteiger partial charge in [-0.1, -0.05) is 6.07 Å². The predicted octanol–water partition coefficient (Wildman–Crippen LogP) is 0.0400. The van der Waals surface area contributed by atoms with Crippen molar-refractivity contribution in [2.24, 2.45) is 0 Å². The van der Waals surface area contributed by atoms with Gasteiger partial charge in [-0.15, -0.1) is 0 Å². The lowest BCUT2D eigenvalue weighted by atomic mass is 10.1. The fourth-order valence-corrected chi connectivity index (χ4v) is 3.07. The van der Waals surface area contributed by atoms with Gasteiger partial charge in [-0.25, -0.2) is 13.2 Å². The van der Waals surface area contributed by atoms with Gasteiger partial charge in [0.2, 0.25) is 10.0 Å². The summed E-state index contributed by atoms with van der Waals surface area (Å²) in [6.45, 7) is 1.64. The highest BCUT2D eigenvalue weighted by atomic mass is 32.2. The minimum absolute atomic E-state index is 0.0225. The largest absolute Gasteiger partial charge is 0.466 e. The molecule has 0 saturated heterocycles. The monoisotopic (exact) mass is 383 g/mol. The summed E-state index contributed by atoms with van der Waals surface area (Å²) in [4.78, 5) is 25.8. The van der Waals surface area contributed by atoms with Gasteiger partial charge < -0.3 is 20.1 Å². The number of sulfonamides is 1. The molecule has 0 aromatic heterocycles. The van der Waals surface area contributed by atoms with Crippen molar-refractivity contribution >= 4 is 33.3 Å². The van der Waals surface area contributed by atoms with Crippen molar-refractivity contribution in [3.05, 3.63) is 35.0 Å². The SMILES string of the molecule is COC(=O)C1=C(Nc2cc(NS(C)(=O)=O)ccc2C)C(=O)N(CCO)C1. The molecule has 1 aliphatic rings. The predicted molar refractivity (Wildman–Crippen MR) is 96.0 cm³/mol. The minimum atomic E-state index is -3.46. The number of nitrogens with one attached hydrogen (secondary N) is 2. The molecule has 142 valence electrons. The Labute approximate surface area is 151 Å². The molecule has 1 amide bonds. The maximum atomic E-state index is 12.5. The number of anilines is 2. The highest BCUT2D eigenvalue weighted by Crippen LogP contribution is 2.27. The van der Waals surface area contributed by atoms with Crippen LogP contribution in [0.5, 0.6) is 0 Å². The Hall–Kier alpha value is -2.59. The summed E-state index contributed by atoms with van der Waals surface area (Å²) in [5.74, 6) is -1.09. The van der Waals surface area contributed by atoms with Crippen LogP contribution in [-0.2, 0) is 24.3 Å². The number of benzene rings is 1. The molecule has 0 aliphatic carbocycles. The molecular formula is C16H21N3O6S. The van der Waals surface area contributed by atoms with Gasteiger partial charge in [0.15, 0.2) is 0 Å². The van der Waals surface area contributed by atoms with E-state index < -0.39 is 21.9 Å². The van der Waals surface area contributed by atoms with E-state index in [1.807, 2.05) is 0 Å². The molecule has 0 atom stereocenters. The number of aliphatic hydroxyl groups is 1. The third kappa shape index (κ3) is 4.52. The van der Waals surface area contributed by atoms with E-state index in [1.54, 1.807) is 19.1 Å². The van der Waals surface area contributed by atoms with E-state index in [-0.39, 0.29) is 31.0 Å². The molecule has 1 heterocycles. The number of methoxy groups -OCH3 is 1. The maximum Gasteiger partial charge on any atom is 0.337 e. The number of aliphatic hydroxyl groups excluding tert-OH is 1. The number of hydrogen-bond donors (Lipinski definition) is 3. The number of ether oxygens (including phenoxy) is 1. The van der Waals surface area contributed by atoms with E-state index in [2.05, 4.69) is 10.0 Å². The average molecular weight is 383 g/mol. The zero-order valence-corrected chi connectivity index (χ0v) is 15.5. The molecule has 0 unspecified atom stereocenters. The number of β-amino-alcohol motifs (C(OH)–C–C–N with tert-alkyl or cyclic N) is 1. The molecule has 1 aromatic rings. The van der Waals surface area contributed by atoms with Gasteiger partial charge >= 0.3 is 5.97 Å². The molecule has 1 aromatic carbocycles. The van der Waals surface area contributed by atoms with Crippen molar-refractivity contribution in [3.8, 4) is 0 Å². The lowest BCUT2D eigenvalue weighted by Crippen LogP contribution is -2.31. The molecule has 26 heavy (non-hydrogen) atoms. The maximum absolute atomic E-state index is 12.5. The van der Waals surface area contributed by atoms with E-state index >= 15 is 0 Å². The molecule has 0 spiro atoms. The Morgan fingerprint density at radius 2 is 2.08 bits per heavy atom. The number of hydrogen-bond acceptors (Lipinski definition) is 7. The first-order valence-corrected chi connectivity index (χ1v) is 9.62. The number of carbonyl (C=O) groups is 2. The van der Waals surface area contributed by atoms with Crippen molar-refractivity contribution in [2.45, 2.75) is 6.92 Å². The molecule has 0 radical (unpaired) electrons. The van der Waals surface area contributed by atoms with Gasteiger partial charge in [0.25, 0.3) is 5.91 Å². The summed E-state index contributed by atoms with van der Waals surface area (Å²) in [6.07, 6.45) is 1.03. The summed E-state index contributed by atoms with van der Waals surface area (Å²) in [5, 5.41) is 12.0. The van der Waals surface area contributed by atoms with Gasteiger partial charge in [-0.05, 0) is 24.6 Å². The van der Waals surface area contributed by atoms with Gasteiger partial charge in [0.05, 0.1) is 37.8 Å². The van der Waals surface area contributed by atoms with Crippen molar-refractivity contribution in [1.29, 1.82) is 0 Å².